The molecule has 0 saturated heterocycles. The third-order valence-electron chi connectivity index (χ3n) is 3.12. The minimum atomic E-state index is -0.0328. The fraction of sp³-hybridized carbons (Fsp3) is 0.250. The van der Waals surface area contributed by atoms with Gasteiger partial charge in [0, 0.05) is 11.6 Å². The van der Waals surface area contributed by atoms with Crippen molar-refractivity contribution in [2.45, 2.75) is 26.0 Å². The molecule has 0 aliphatic heterocycles. The maximum atomic E-state index is 9.25. The van der Waals surface area contributed by atoms with Crippen LogP contribution in [0.3, 0.4) is 0 Å². The minimum Gasteiger partial charge on any atom is -0.457 e. The summed E-state index contributed by atoms with van der Waals surface area (Å²) >= 11 is 0. The van der Waals surface area contributed by atoms with E-state index in [1.54, 1.807) is 0 Å². The van der Waals surface area contributed by atoms with Gasteiger partial charge in [0.25, 0.3) is 0 Å². The summed E-state index contributed by atoms with van der Waals surface area (Å²) in [5.74, 6) is 1.42. The van der Waals surface area contributed by atoms with Gasteiger partial charge in [0.2, 0.25) is 0 Å². The highest BCUT2D eigenvalue weighted by atomic mass is 16.5. The van der Waals surface area contributed by atoms with E-state index in [9.17, 15) is 5.11 Å². The molecule has 0 radical (unpaired) electrons. The van der Waals surface area contributed by atoms with Gasteiger partial charge in [-0.3, -0.25) is 0 Å². The Bertz CT molecular complexity index is 523. The average molecular weight is 257 g/mol. The molecule has 19 heavy (non-hydrogen) atoms. The maximum Gasteiger partial charge on any atom is 0.132 e. The van der Waals surface area contributed by atoms with E-state index in [2.05, 4.69) is 6.92 Å². The minimum absolute atomic E-state index is 0.0328. The van der Waals surface area contributed by atoms with Crippen LogP contribution in [0.4, 0.5) is 0 Å². The van der Waals surface area contributed by atoms with Crippen molar-refractivity contribution in [2.75, 3.05) is 0 Å². The van der Waals surface area contributed by atoms with E-state index in [4.69, 9.17) is 10.5 Å². The Balaban J connectivity index is 2.15. The Labute approximate surface area is 113 Å². The highest BCUT2D eigenvalue weighted by molar-refractivity contribution is 5.38. The number of aliphatic hydroxyl groups is 1. The van der Waals surface area contributed by atoms with Crippen molar-refractivity contribution in [3.05, 3.63) is 59.7 Å². The highest BCUT2D eigenvalue weighted by Gasteiger charge is 2.05. The molecule has 0 spiro atoms. The lowest BCUT2D eigenvalue weighted by Crippen LogP contribution is -2.08. The Hall–Kier alpha value is -1.84. The summed E-state index contributed by atoms with van der Waals surface area (Å²) in [7, 11) is 0. The maximum absolute atomic E-state index is 9.25. The summed E-state index contributed by atoms with van der Waals surface area (Å²) in [5, 5.41) is 9.25. The standard InChI is InChI=1S/C16H19NO2/c1-2-15(17)12-7-9-14(10-8-12)19-16-6-4-3-5-13(16)11-18/h3-10,15,18H,2,11,17H2,1H3/t15-/m1/s1. The van der Waals surface area contributed by atoms with Gasteiger partial charge in [0.05, 0.1) is 6.61 Å². The molecular weight excluding hydrogens is 238 g/mol. The van der Waals surface area contributed by atoms with Gasteiger partial charge in [-0.1, -0.05) is 37.3 Å². The van der Waals surface area contributed by atoms with E-state index in [0.717, 1.165) is 23.3 Å². The van der Waals surface area contributed by atoms with Crippen LogP contribution >= 0.6 is 0 Å². The second-order valence-corrected chi connectivity index (χ2v) is 4.45. The second-order valence-electron chi connectivity index (χ2n) is 4.45. The molecule has 0 aliphatic rings. The second kappa shape index (κ2) is 6.36. The quantitative estimate of drug-likeness (QED) is 0.863. The molecule has 100 valence electrons. The monoisotopic (exact) mass is 257 g/mol. The average Bonchev–Trinajstić information content (AvgIpc) is 2.48. The van der Waals surface area contributed by atoms with Gasteiger partial charge < -0.3 is 15.6 Å². The van der Waals surface area contributed by atoms with Gasteiger partial charge in [-0.25, -0.2) is 0 Å². The highest BCUT2D eigenvalue weighted by Crippen LogP contribution is 2.26. The van der Waals surface area contributed by atoms with Crippen LogP contribution in [0.15, 0.2) is 48.5 Å². The number of benzene rings is 2. The Kier molecular flexibility index (Phi) is 4.55. The van der Waals surface area contributed by atoms with Crippen LogP contribution in [0, 0.1) is 0 Å². The molecule has 3 heteroatoms. The summed E-state index contributed by atoms with van der Waals surface area (Å²) in [5.41, 5.74) is 7.85. The predicted molar refractivity (Wildman–Crippen MR) is 76.1 cm³/mol. The zero-order valence-electron chi connectivity index (χ0n) is 11.0. The van der Waals surface area contributed by atoms with Gasteiger partial charge in [0.1, 0.15) is 11.5 Å². The van der Waals surface area contributed by atoms with Crippen molar-refractivity contribution < 1.29 is 9.84 Å². The van der Waals surface area contributed by atoms with Crippen LogP contribution in [-0.4, -0.2) is 5.11 Å². The number of ether oxygens (including phenoxy) is 1. The summed E-state index contributed by atoms with van der Waals surface area (Å²) in [6.07, 6.45) is 0.910. The van der Waals surface area contributed by atoms with Gasteiger partial charge in [-0.2, -0.15) is 0 Å². The van der Waals surface area contributed by atoms with Crippen LogP contribution in [0.1, 0.15) is 30.5 Å². The number of para-hydroxylation sites is 1. The molecule has 3 N–H and O–H groups in total. The zero-order valence-corrected chi connectivity index (χ0v) is 11.0. The van der Waals surface area contributed by atoms with Crippen molar-refractivity contribution in [3.63, 3.8) is 0 Å². The first-order chi connectivity index (χ1) is 9.24. The van der Waals surface area contributed by atoms with Gasteiger partial charge in [-0.05, 0) is 30.2 Å². The number of hydrogen-bond donors (Lipinski definition) is 2. The van der Waals surface area contributed by atoms with E-state index < -0.39 is 0 Å². The van der Waals surface area contributed by atoms with Crippen LogP contribution in [0.5, 0.6) is 11.5 Å². The molecule has 0 amide bonds. The molecule has 1 atom stereocenters. The molecule has 2 aromatic carbocycles. The normalized spacial score (nSPS) is 12.2. The van der Waals surface area contributed by atoms with Crippen LogP contribution < -0.4 is 10.5 Å². The topological polar surface area (TPSA) is 55.5 Å². The van der Waals surface area contributed by atoms with Crippen LogP contribution in [0.2, 0.25) is 0 Å². The molecule has 2 rings (SSSR count). The SMILES string of the molecule is CC[C@@H](N)c1ccc(Oc2ccccc2CO)cc1. The fourth-order valence-electron chi connectivity index (χ4n) is 1.88. The largest absolute Gasteiger partial charge is 0.457 e. The molecule has 0 fully saturated rings. The number of hydrogen-bond acceptors (Lipinski definition) is 3. The summed E-state index contributed by atoms with van der Waals surface area (Å²) in [6, 6.07) is 15.3. The van der Waals surface area contributed by atoms with Gasteiger partial charge in [0.15, 0.2) is 0 Å². The van der Waals surface area contributed by atoms with Crippen molar-refractivity contribution >= 4 is 0 Å². The van der Waals surface area contributed by atoms with Crippen molar-refractivity contribution in [2.24, 2.45) is 5.73 Å². The molecular formula is C16H19NO2. The zero-order chi connectivity index (χ0) is 13.7. The number of rotatable bonds is 5. The molecule has 0 aliphatic carbocycles. The van der Waals surface area contributed by atoms with E-state index in [1.807, 2.05) is 48.5 Å². The molecule has 0 saturated carbocycles. The first kappa shape index (κ1) is 13.6. The van der Waals surface area contributed by atoms with Gasteiger partial charge >= 0.3 is 0 Å². The number of nitrogens with two attached hydrogens (primary N) is 1. The lowest BCUT2D eigenvalue weighted by atomic mass is 10.1. The molecule has 0 aromatic heterocycles. The van der Waals surface area contributed by atoms with Crippen LogP contribution in [-0.2, 0) is 6.61 Å². The van der Waals surface area contributed by atoms with E-state index in [-0.39, 0.29) is 12.6 Å². The van der Waals surface area contributed by atoms with E-state index in [0.29, 0.717) is 5.75 Å². The predicted octanol–water partition coefficient (Wildman–Crippen LogP) is 3.38. The summed E-state index contributed by atoms with van der Waals surface area (Å²) in [4.78, 5) is 0. The Morgan fingerprint density at radius 2 is 1.79 bits per heavy atom. The van der Waals surface area contributed by atoms with E-state index >= 15 is 0 Å². The lowest BCUT2D eigenvalue weighted by Gasteiger charge is -2.12. The number of aliphatic hydroxyl groups excluding tert-OH is 1. The van der Waals surface area contributed by atoms with Crippen molar-refractivity contribution in [3.8, 4) is 11.5 Å². The molecule has 0 unspecified atom stereocenters. The molecule has 0 bridgehead atoms. The Morgan fingerprint density at radius 3 is 2.42 bits per heavy atom. The smallest absolute Gasteiger partial charge is 0.132 e. The van der Waals surface area contributed by atoms with E-state index in [1.165, 1.54) is 0 Å². The summed E-state index contributed by atoms with van der Waals surface area (Å²) < 4.78 is 5.77. The van der Waals surface area contributed by atoms with Gasteiger partial charge in [-0.15, -0.1) is 0 Å². The van der Waals surface area contributed by atoms with Crippen molar-refractivity contribution in [1.29, 1.82) is 0 Å². The third kappa shape index (κ3) is 3.34. The molecule has 2 aromatic rings. The Morgan fingerprint density at radius 1 is 1.11 bits per heavy atom. The third-order valence-corrected chi connectivity index (χ3v) is 3.12. The molecule has 0 heterocycles. The summed E-state index contributed by atoms with van der Waals surface area (Å²) in [6.45, 7) is 2.03. The molecule has 3 nitrogen and oxygen atoms in total. The first-order valence-corrected chi connectivity index (χ1v) is 6.46. The first-order valence-electron chi connectivity index (χ1n) is 6.46. The van der Waals surface area contributed by atoms with Crippen molar-refractivity contribution in [1.82, 2.24) is 0 Å². The van der Waals surface area contributed by atoms with Crippen LogP contribution in [0.25, 0.3) is 0 Å². The fourth-order valence-corrected chi connectivity index (χ4v) is 1.88. The lowest BCUT2D eigenvalue weighted by molar-refractivity contribution is 0.276.